The summed E-state index contributed by atoms with van der Waals surface area (Å²) in [7, 11) is 0. The van der Waals surface area contributed by atoms with Crippen LogP contribution in [0.5, 0.6) is 0 Å². The molecule has 0 nitrogen and oxygen atoms in total. The third-order valence-electron chi connectivity index (χ3n) is 9.00. The Morgan fingerprint density at radius 3 is 2.32 bits per heavy atom. The molecule has 0 saturated heterocycles. The molecule has 0 spiro atoms. The standard InChI is InChI=1S/C38H46/c1-6-29-24-33(34-21-19-32(25-34)30-12-8-7-9-13-30)20-18-31(29)22-28-17-16-27(2)36(23-28)26-35-14-10-11-15-37(35)38(3,4)5/h10-11,14-21,23-25,30,32H,6-9,12-13,22,26H2,1-5H3. The van der Waals surface area contributed by atoms with Gasteiger partial charge < -0.3 is 0 Å². The molecule has 0 radical (unpaired) electrons. The van der Waals surface area contributed by atoms with Gasteiger partial charge in [-0.3, -0.25) is 0 Å². The van der Waals surface area contributed by atoms with Crippen molar-refractivity contribution in [2.75, 3.05) is 0 Å². The van der Waals surface area contributed by atoms with E-state index in [0.717, 1.165) is 25.2 Å². The van der Waals surface area contributed by atoms with Gasteiger partial charge in [0.15, 0.2) is 0 Å². The van der Waals surface area contributed by atoms with Crippen molar-refractivity contribution in [2.45, 2.75) is 91.4 Å². The number of hydrogen-bond donors (Lipinski definition) is 0. The lowest BCUT2D eigenvalue weighted by molar-refractivity contribution is 0.320. The third kappa shape index (κ3) is 6.06. The first-order valence-corrected chi connectivity index (χ1v) is 15.0. The van der Waals surface area contributed by atoms with Crippen molar-refractivity contribution in [1.29, 1.82) is 0 Å². The molecule has 1 fully saturated rings. The normalized spacial score (nSPS) is 18.1. The minimum atomic E-state index is 0.153. The highest BCUT2D eigenvalue weighted by Crippen LogP contribution is 2.37. The summed E-state index contributed by atoms with van der Waals surface area (Å²) in [4.78, 5) is 0. The molecule has 3 aromatic rings. The molecular formula is C38H46. The SMILES string of the molecule is CCc1cc(C2=CC(C3CCCCC3)C=C2)ccc1Cc1ccc(C)c(Cc2ccccc2C(C)(C)C)c1. The van der Waals surface area contributed by atoms with Gasteiger partial charge in [-0.1, -0.05) is 126 Å². The molecule has 0 heterocycles. The van der Waals surface area contributed by atoms with Crippen molar-refractivity contribution in [3.8, 4) is 0 Å². The van der Waals surface area contributed by atoms with E-state index in [4.69, 9.17) is 0 Å². The minimum absolute atomic E-state index is 0.153. The molecular weight excluding hydrogens is 456 g/mol. The Balaban J connectivity index is 1.35. The maximum absolute atomic E-state index is 2.55. The highest BCUT2D eigenvalue weighted by Gasteiger charge is 2.23. The smallest absolute Gasteiger partial charge is 0.00127 e. The van der Waals surface area contributed by atoms with Crippen molar-refractivity contribution in [2.24, 2.45) is 11.8 Å². The second-order valence-electron chi connectivity index (χ2n) is 12.8. The molecule has 1 unspecified atom stereocenters. The average Bonchev–Trinajstić information content (AvgIpc) is 3.41. The Morgan fingerprint density at radius 1 is 0.763 bits per heavy atom. The van der Waals surface area contributed by atoms with Gasteiger partial charge in [0.25, 0.3) is 0 Å². The molecule has 1 saturated carbocycles. The second-order valence-corrected chi connectivity index (χ2v) is 12.8. The lowest BCUT2D eigenvalue weighted by Crippen LogP contribution is -2.14. The van der Waals surface area contributed by atoms with Crippen LogP contribution in [0.3, 0.4) is 0 Å². The van der Waals surface area contributed by atoms with Crippen LogP contribution in [0.25, 0.3) is 5.57 Å². The van der Waals surface area contributed by atoms with E-state index in [1.807, 2.05) is 0 Å². The van der Waals surface area contributed by atoms with E-state index in [0.29, 0.717) is 5.92 Å². The van der Waals surface area contributed by atoms with Crippen LogP contribution in [0.4, 0.5) is 0 Å². The largest absolute Gasteiger partial charge is 0.0767 e. The van der Waals surface area contributed by atoms with E-state index in [1.54, 1.807) is 0 Å². The number of benzene rings is 3. The zero-order valence-corrected chi connectivity index (χ0v) is 24.3. The maximum Gasteiger partial charge on any atom is -0.00127 e. The summed E-state index contributed by atoms with van der Waals surface area (Å²) in [5.74, 6) is 1.50. The molecule has 0 heteroatoms. The molecule has 0 aromatic heterocycles. The van der Waals surface area contributed by atoms with Crippen LogP contribution in [-0.4, -0.2) is 0 Å². The van der Waals surface area contributed by atoms with Gasteiger partial charge in [-0.15, -0.1) is 0 Å². The fourth-order valence-corrected chi connectivity index (χ4v) is 6.70. The zero-order chi connectivity index (χ0) is 26.7. The summed E-state index contributed by atoms with van der Waals surface area (Å²) in [5.41, 5.74) is 13.1. The molecule has 0 N–H and O–H groups in total. The first-order valence-electron chi connectivity index (χ1n) is 15.0. The summed E-state index contributed by atoms with van der Waals surface area (Å²) in [6, 6.07) is 23.3. The lowest BCUT2D eigenvalue weighted by Gasteiger charge is -2.25. The summed E-state index contributed by atoms with van der Waals surface area (Å²) < 4.78 is 0. The fraction of sp³-hybridized carbons (Fsp3) is 0.421. The van der Waals surface area contributed by atoms with Crippen LogP contribution in [0.2, 0.25) is 0 Å². The monoisotopic (exact) mass is 502 g/mol. The van der Waals surface area contributed by atoms with Crippen LogP contribution >= 0.6 is 0 Å². The van der Waals surface area contributed by atoms with Crippen LogP contribution in [0, 0.1) is 18.8 Å². The molecule has 0 amide bonds. The average molecular weight is 503 g/mol. The Kier molecular flexibility index (Phi) is 8.08. The lowest BCUT2D eigenvalue weighted by atomic mass is 9.80. The zero-order valence-electron chi connectivity index (χ0n) is 24.3. The number of aryl methyl sites for hydroxylation is 2. The maximum atomic E-state index is 2.55. The summed E-state index contributed by atoms with van der Waals surface area (Å²) in [6.45, 7) is 11.5. The van der Waals surface area contributed by atoms with E-state index in [1.165, 1.54) is 82.2 Å². The van der Waals surface area contributed by atoms with Gasteiger partial charge in [0.2, 0.25) is 0 Å². The minimum Gasteiger partial charge on any atom is -0.0767 e. The fourth-order valence-electron chi connectivity index (χ4n) is 6.70. The third-order valence-corrected chi connectivity index (χ3v) is 9.00. The van der Waals surface area contributed by atoms with Crippen LogP contribution in [0.1, 0.15) is 104 Å². The number of allylic oxidation sites excluding steroid dienone is 4. The predicted molar refractivity (Wildman–Crippen MR) is 165 cm³/mol. The van der Waals surface area contributed by atoms with Crippen molar-refractivity contribution in [3.63, 3.8) is 0 Å². The van der Waals surface area contributed by atoms with E-state index in [2.05, 4.69) is 114 Å². The van der Waals surface area contributed by atoms with Gasteiger partial charge in [0, 0.05) is 0 Å². The van der Waals surface area contributed by atoms with Crippen molar-refractivity contribution < 1.29 is 0 Å². The number of hydrogen-bond acceptors (Lipinski definition) is 0. The molecule has 38 heavy (non-hydrogen) atoms. The Hall–Kier alpha value is -2.86. The quantitative estimate of drug-likeness (QED) is 0.301. The van der Waals surface area contributed by atoms with Crippen molar-refractivity contribution >= 4 is 5.57 Å². The molecule has 198 valence electrons. The summed E-state index contributed by atoms with van der Waals surface area (Å²) in [6.07, 6.45) is 17.5. The van der Waals surface area contributed by atoms with E-state index in [9.17, 15) is 0 Å². The molecule has 3 aromatic carbocycles. The van der Waals surface area contributed by atoms with Crippen LogP contribution in [-0.2, 0) is 24.7 Å². The molecule has 2 aliphatic rings. The van der Waals surface area contributed by atoms with Gasteiger partial charge in [-0.2, -0.15) is 0 Å². The summed E-state index contributed by atoms with van der Waals surface area (Å²) in [5, 5.41) is 0. The Bertz CT molecular complexity index is 1320. The van der Waals surface area contributed by atoms with Gasteiger partial charge >= 0.3 is 0 Å². The number of rotatable bonds is 7. The first kappa shape index (κ1) is 26.7. The van der Waals surface area contributed by atoms with Gasteiger partial charge in [-0.05, 0) is 106 Å². The van der Waals surface area contributed by atoms with Crippen molar-refractivity contribution in [3.05, 3.63) is 123 Å². The highest BCUT2D eigenvalue weighted by molar-refractivity contribution is 5.77. The second kappa shape index (κ2) is 11.5. The molecule has 0 aliphatic heterocycles. The van der Waals surface area contributed by atoms with Gasteiger partial charge in [0.05, 0.1) is 0 Å². The van der Waals surface area contributed by atoms with Gasteiger partial charge in [0.1, 0.15) is 0 Å². The Morgan fingerprint density at radius 2 is 1.55 bits per heavy atom. The molecule has 2 aliphatic carbocycles. The van der Waals surface area contributed by atoms with Crippen LogP contribution in [0.15, 0.2) is 78.9 Å². The first-order chi connectivity index (χ1) is 18.3. The van der Waals surface area contributed by atoms with E-state index < -0.39 is 0 Å². The molecule has 1 atom stereocenters. The topological polar surface area (TPSA) is 0 Å². The van der Waals surface area contributed by atoms with E-state index in [-0.39, 0.29) is 5.41 Å². The van der Waals surface area contributed by atoms with Crippen LogP contribution < -0.4 is 0 Å². The predicted octanol–water partition coefficient (Wildman–Crippen LogP) is 10.2. The summed E-state index contributed by atoms with van der Waals surface area (Å²) >= 11 is 0. The molecule has 5 rings (SSSR count). The van der Waals surface area contributed by atoms with Crippen molar-refractivity contribution in [1.82, 2.24) is 0 Å². The van der Waals surface area contributed by atoms with Gasteiger partial charge in [-0.25, -0.2) is 0 Å². The van der Waals surface area contributed by atoms with E-state index >= 15 is 0 Å². The highest BCUT2D eigenvalue weighted by atomic mass is 14.3. The molecule has 0 bridgehead atoms. The Labute approximate surface area is 231 Å².